The minimum Gasteiger partial charge on any atom is -0.465 e. The number of halogens is 2. The maximum atomic E-state index is 15.1. The highest BCUT2D eigenvalue weighted by atomic mass is 79.9. The monoisotopic (exact) mass is 498 g/mol. The summed E-state index contributed by atoms with van der Waals surface area (Å²) in [4.78, 5) is 36.4. The van der Waals surface area contributed by atoms with Crippen molar-refractivity contribution in [2.75, 3.05) is 13.7 Å². The van der Waals surface area contributed by atoms with Crippen LogP contribution < -0.4 is 0 Å². The Morgan fingerprint density at radius 2 is 2.16 bits per heavy atom. The molecule has 162 valence electrons. The molecule has 0 aliphatic carbocycles. The highest BCUT2D eigenvalue weighted by molar-refractivity contribution is 9.10. The molecule has 0 fully saturated rings. The highest BCUT2D eigenvalue weighted by Crippen LogP contribution is 2.32. The molecule has 1 aromatic carbocycles. The summed E-state index contributed by atoms with van der Waals surface area (Å²) >= 11 is 3.34. The number of pyridine rings is 1. The molecule has 4 heterocycles. The lowest BCUT2D eigenvalue weighted by Gasteiger charge is -2.13. The first-order valence-electron chi connectivity index (χ1n) is 9.70. The lowest BCUT2D eigenvalue weighted by molar-refractivity contribution is 0.0602. The molecule has 10 heteroatoms. The summed E-state index contributed by atoms with van der Waals surface area (Å²) in [5.74, 6) is -0.821. The van der Waals surface area contributed by atoms with E-state index in [-0.39, 0.29) is 28.2 Å². The number of rotatable bonds is 4. The van der Waals surface area contributed by atoms with E-state index in [0.717, 1.165) is 0 Å². The van der Waals surface area contributed by atoms with E-state index in [2.05, 4.69) is 30.9 Å². The fourth-order valence-electron chi connectivity index (χ4n) is 3.72. The summed E-state index contributed by atoms with van der Waals surface area (Å²) < 4.78 is 27.6. The van der Waals surface area contributed by atoms with Crippen LogP contribution in [0.1, 0.15) is 32.2 Å². The average molecular weight is 499 g/mol. The number of hydrogen-bond acceptors (Lipinski definition) is 6. The van der Waals surface area contributed by atoms with Gasteiger partial charge in [-0.25, -0.2) is 19.2 Å². The number of ketones is 1. The lowest BCUT2D eigenvalue weighted by atomic mass is 10.0. The molecule has 32 heavy (non-hydrogen) atoms. The first-order valence-corrected chi connectivity index (χ1v) is 10.5. The molecule has 1 N–H and O–H groups in total. The van der Waals surface area contributed by atoms with Crippen molar-refractivity contribution >= 4 is 38.6 Å². The standard InChI is InChI=1S/C22H16BrFN4O4/c1-31-22(30)14-8-25-21(23)19-13(14)7-16(27-19)12-3-2-11(6-15(12)24)20(29)17-9-28-4-5-32-10-18(28)26-17/h2-3,6-9,27H,4-5,10H2,1H3. The second-order valence-corrected chi connectivity index (χ2v) is 7.99. The predicted molar refractivity (Wildman–Crippen MR) is 116 cm³/mol. The smallest absolute Gasteiger partial charge is 0.340 e. The normalized spacial score (nSPS) is 13.2. The zero-order valence-corrected chi connectivity index (χ0v) is 18.4. The molecule has 0 radical (unpaired) electrons. The third-order valence-corrected chi connectivity index (χ3v) is 5.95. The molecule has 0 atom stereocenters. The fraction of sp³-hybridized carbons (Fsp3) is 0.182. The number of carbonyl (C=O) groups excluding carboxylic acids is 2. The van der Waals surface area contributed by atoms with E-state index in [0.29, 0.717) is 46.8 Å². The molecule has 0 amide bonds. The number of methoxy groups -OCH3 is 1. The van der Waals surface area contributed by atoms with Crippen molar-refractivity contribution in [2.24, 2.45) is 0 Å². The van der Waals surface area contributed by atoms with Gasteiger partial charge in [-0.2, -0.15) is 0 Å². The SMILES string of the molecule is COC(=O)c1cnc(Br)c2[nH]c(-c3ccc(C(=O)c4cn5c(n4)COCC5)cc3F)cc12. The number of esters is 1. The molecule has 4 aromatic rings. The summed E-state index contributed by atoms with van der Waals surface area (Å²) in [6.07, 6.45) is 3.06. The summed E-state index contributed by atoms with van der Waals surface area (Å²) in [6, 6.07) is 5.91. The van der Waals surface area contributed by atoms with Gasteiger partial charge in [-0.05, 0) is 34.1 Å². The van der Waals surface area contributed by atoms with Crippen molar-refractivity contribution in [1.82, 2.24) is 19.5 Å². The van der Waals surface area contributed by atoms with E-state index in [1.807, 2.05) is 4.57 Å². The Bertz CT molecular complexity index is 1370. The van der Waals surface area contributed by atoms with Crippen molar-refractivity contribution in [3.05, 3.63) is 69.7 Å². The zero-order valence-electron chi connectivity index (χ0n) is 16.8. The molecule has 0 spiro atoms. The number of H-pyrrole nitrogens is 1. The van der Waals surface area contributed by atoms with Gasteiger partial charge in [-0.15, -0.1) is 0 Å². The van der Waals surface area contributed by atoms with Gasteiger partial charge in [0.15, 0.2) is 0 Å². The molecule has 1 aliphatic heterocycles. The van der Waals surface area contributed by atoms with Crippen LogP contribution in [-0.2, 0) is 22.6 Å². The number of imidazole rings is 1. The number of carbonyl (C=O) groups is 2. The molecule has 1 aliphatic rings. The molecular weight excluding hydrogens is 483 g/mol. The van der Waals surface area contributed by atoms with Crippen LogP contribution in [0.15, 0.2) is 41.3 Å². The second kappa shape index (κ2) is 7.95. The van der Waals surface area contributed by atoms with Crippen molar-refractivity contribution in [2.45, 2.75) is 13.2 Å². The van der Waals surface area contributed by atoms with Gasteiger partial charge >= 0.3 is 5.97 Å². The van der Waals surface area contributed by atoms with Crippen LogP contribution in [0, 0.1) is 5.82 Å². The average Bonchev–Trinajstić information content (AvgIpc) is 3.43. The van der Waals surface area contributed by atoms with Crippen molar-refractivity contribution in [3.63, 3.8) is 0 Å². The second-order valence-electron chi connectivity index (χ2n) is 7.24. The van der Waals surface area contributed by atoms with Crippen LogP contribution in [0.4, 0.5) is 4.39 Å². The Kier molecular flexibility index (Phi) is 5.10. The van der Waals surface area contributed by atoms with E-state index in [9.17, 15) is 9.59 Å². The topological polar surface area (TPSA) is 99.1 Å². The van der Waals surface area contributed by atoms with E-state index in [1.165, 1.54) is 25.4 Å². The van der Waals surface area contributed by atoms with E-state index >= 15 is 4.39 Å². The van der Waals surface area contributed by atoms with Crippen molar-refractivity contribution in [3.8, 4) is 11.3 Å². The van der Waals surface area contributed by atoms with Gasteiger partial charge in [0.25, 0.3) is 0 Å². The minimum atomic E-state index is -0.585. The van der Waals surface area contributed by atoms with Gasteiger partial charge in [0.2, 0.25) is 5.78 Å². The highest BCUT2D eigenvalue weighted by Gasteiger charge is 2.21. The van der Waals surface area contributed by atoms with Crippen LogP contribution in [0.2, 0.25) is 0 Å². The summed E-state index contributed by atoms with van der Waals surface area (Å²) in [5, 5.41) is 0.541. The molecule has 0 saturated heterocycles. The Morgan fingerprint density at radius 3 is 2.91 bits per heavy atom. The number of ether oxygens (including phenoxy) is 2. The van der Waals surface area contributed by atoms with Gasteiger partial charge in [0.05, 0.1) is 24.8 Å². The van der Waals surface area contributed by atoms with Gasteiger partial charge in [0.1, 0.15) is 28.5 Å². The molecule has 3 aromatic heterocycles. The van der Waals surface area contributed by atoms with E-state index < -0.39 is 11.8 Å². The first kappa shape index (κ1) is 20.5. The maximum Gasteiger partial charge on any atom is 0.340 e. The van der Waals surface area contributed by atoms with Crippen LogP contribution in [0.3, 0.4) is 0 Å². The lowest BCUT2D eigenvalue weighted by Crippen LogP contribution is -2.15. The first-order chi connectivity index (χ1) is 15.5. The number of hydrogen-bond donors (Lipinski definition) is 1. The third kappa shape index (κ3) is 3.41. The molecule has 8 nitrogen and oxygen atoms in total. The van der Waals surface area contributed by atoms with Crippen LogP contribution in [0.5, 0.6) is 0 Å². The van der Waals surface area contributed by atoms with Gasteiger partial charge in [-0.3, -0.25) is 4.79 Å². The summed E-state index contributed by atoms with van der Waals surface area (Å²) in [7, 11) is 1.28. The number of fused-ring (bicyclic) bond motifs is 2. The maximum absolute atomic E-state index is 15.1. The number of aromatic nitrogens is 4. The Balaban J connectivity index is 1.51. The molecule has 0 unspecified atom stereocenters. The Hall–Kier alpha value is -3.37. The number of nitrogens with one attached hydrogen (secondary N) is 1. The van der Waals surface area contributed by atoms with Crippen molar-refractivity contribution in [1.29, 1.82) is 0 Å². The molecule has 0 bridgehead atoms. The minimum absolute atomic E-state index is 0.192. The van der Waals surface area contributed by atoms with Crippen LogP contribution in [0.25, 0.3) is 22.2 Å². The van der Waals surface area contributed by atoms with Gasteiger partial charge in [0, 0.05) is 41.1 Å². The Morgan fingerprint density at radius 1 is 1.31 bits per heavy atom. The molecular formula is C22H16BrFN4O4. The van der Waals surface area contributed by atoms with Gasteiger partial charge in [-0.1, -0.05) is 6.07 Å². The Labute approximate surface area is 189 Å². The summed E-state index contributed by atoms with van der Waals surface area (Å²) in [6.45, 7) is 1.54. The molecule has 5 rings (SSSR count). The zero-order chi connectivity index (χ0) is 22.4. The third-order valence-electron chi connectivity index (χ3n) is 5.35. The van der Waals surface area contributed by atoms with Crippen molar-refractivity contribution < 1.29 is 23.5 Å². The predicted octanol–water partition coefficient (Wildman–Crippen LogP) is 3.88. The van der Waals surface area contributed by atoms with E-state index in [1.54, 1.807) is 18.3 Å². The fourth-order valence-corrected chi connectivity index (χ4v) is 4.14. The quantitative estimate of drug-likeness (QED) is 0.260. The number of nitrogens with zero attached hydrogens (tertiary/aromatic N) is 3. The molecule has 0 saturated carbocycles. The summed E-state index contributed by atoms with van der Waals surface area (Å²) in [5.41, 5.74) is 1.92. The largest absolute Gasteiger partial charge is 0.465 e. The van der Waals surface area contributed by atoms with Crippen LogP contribution >= 0.6 is 15.9 Å². The van der Waals surface area contributed by atoms with Crippen LogP contribution in [-0.4, -0.2) is 45.0 Å². The van der Waals surface area contributed by atoms with Gasteiger partial charge < -0.3 is 19.0 Å². The van der Waals surface area contributed by atoms with E-state index in [4.69, 9.17) is 9.47 Å². The number of benzene rings is 1. The number of aromatic amines is 1.